The fraction of sp³-hybridized carbons (Fsp3) is 0.304. The van der Waals surface area contributed by atoms with Crippen molar-refractivity contribution in [2.75, 3.05) is 6.54 Å². The summed E-state index contributed by atoms with van der Waals surface area (Å²) >= 11 is 3.09. The van der Waals surface area contributed by atoms with Gasteiger partial charge < -0.3 is 10.0 Å². The molecule has 1 aromatic carbocycles. The fourth-order valence-corrected chi connectivity index (χ4v) is 5.42. The number of likely N-dealkylation sites (tertiary alicyclic amines) is 1. The van der Waals surface area contributed by atoms with Crippen molar-refractivity contribution in [3.63, 3.8) is 0 Å². The summed E-state index contributed by atoms with van der Waals surface area (Å²) in [6.45, 7) is 2.33. The lowest BCUT2D eigenvalue weighted by molar-refractivity contribution is -0.122. The first kappa shape index (κ1) is 20.0. The zero-order valence-electron chi connectivity index (χ0n) is 16.2. The quantitative estimate of drug-likeness (QED) is 0.630. The highest BCUT2D eigenvalue weighted by Gasteiger charge is 2.38. The van der Waals surface area contributed by atoms with Gasteiger partial charge in [-0.25, -0.2) is 0 Å². The summed E-state index contributed by atoms with van der Waals surface area (Å²) in [5, 5.41) is 14.0. The standard InChI is InChI=1S/C23H23NO3S2/c1-15-10-12-29-22(15)17-7-4-16(5-8-17)6-9-20(26)19-13-18(25)14-24(19)23(27)21-3-2-11-28-21/h2-5,7-8,10-12,18-19,25H,6,9,13-14H2,1H3/t18-,19+/m1/s1. The van der Waals surface area contributed by atoms with Crippen LogP contribution in [0.15, 0.2) is 53.2 Å². The predicted octanol–water partition coefficient (Wildman–Crippen LogP) is 4.56. The first-order chi connectivity index (χ1) is 14.0. The Balaban J connectivity index is 1.39. The third-order valence-electron chi connectivity index (χ3n) is 5.38. The third kappa shape index (κ3) is 4.34. The highest BCUT2D eigenvalue weighted by atomic mass is 32.1. The van der Waals surface area contributed by atoms with Crippen molar-refractivity contribution in [2.45, 2.75) is 38.3 Å². The number of hydrogen-bond donors (Lipinski definition) is 1. The summed E-state index contributed by atoms with van der Waals surface area (Å²) in [6, 6.07) is 13.5. The second-order valence-electron chi connectivity index (χ2n) is 7.44. The number of aliphatic hydroxyl groups excluding tert-OH is 1. The second kappa shape index (κ2) is 8.61. The van der Waals surface area contributed by atoms with E-state index in [1.165, 1.54) is 27.3 Å². The van der Waals surface area contributed by atoms with Crippen LogP contribution in [0.5, 0.6) is 0 Å². The molecule has 2 atom stereocenters. The van der Waals surface area contributed by atoms with Crippen molar-refractivity contribution in [3.05, 3.63) is 69.2 Å². The topological polar surface area (TPSA) is 57.6 Å². The van der Waals surface area contributed by atoms with Crippen molar-refractivity contribution in [3.8, 4) is 10.4 Å². The Labute approximate surface area is 178 Å². The lowest BCUT2D eigenvalue weighted by atomic mass is 10.00. The first-order valence-electron chi connectivity index (χ1n) is 9.71. The van der Waals surface area contributed by atoms with Crippen molar-refractivity contribution < 1.29 is 14.7 Å². The van der Waals surface area contributed by atoms with E-state index in [0.717, 1.165) is 5.56 Å². The SMILES string of the molecule is Cc1ccsc1-c1ccc(CCC(=O)[C@@H]2C[C@@H](O)CN2C(=O)c2cccs2)cc1. The van der Waals surface area contributed by atoms with Gasteiger partial charge in [-0.15, -0.1) is 22.7 Å². The lowest BCUT2D eigenvalue weighted by Gasteiger charge is -2.22. The number of thiophene rings is 2. The van der Waals surface area contributed by atoms with Gasteiger partial charge in [0.15, 0.2) is 5.78 Å². The molecule has 0 spiro atoms. The summed E-state index contributed by atoms with van der Waals surface area (Å²) in [7, 11) is 0. The summed E-state index contributed by atoms with van der Waals surface area (Å²) in [5.74, 6) is -0.143. The van der Waals surface area contributed by atoms with E-state index in [1.54, 1.807) is 22.3 Å². The first-order valence-corrected chi connectivity index (χ1v) is 11.5. The maximum atomic E-state index is 12.8. The molecule has 4 rings (SSSR count). The maximum Gasteiger partial charge on any atom is 0.264 e. The zero-order chi connectivity index (χ0) is 20.4. The number of β-amino-alcohol motifs (C(OH)–C–C–N with tert-alkyl or cyclic N) is 1. The molecule has 1 aliphatic heterocycles. The van der Waals surface area contributed by atoms with Gasteiger partial charge in [-0.1, -0.05) is 30.3 Å². The predicted molar refractivity (Wildman–Crippen MR) is 118 cm³/mol. The second-order valence-corrected chi connectivity index (χ2v) is 9.30. The van der Waals surface area contributed by atoms with Crippen molar-refractivity contribution in [2.24, 2.45) is 0 Å². The van der Waals surface area contributed by atoms with E-state index >= 15 is 0 Å². The van der Waals surface area contributed by atoms with Crippen LogP contribution in [0.2, 0.25) is 0 Å². The molecule has 29 heavy (non-hydrogen) atoms. The minimum Gasteiger partial charge on any atom is -0.391 e. The number of aliphatic hydroxyl groups is 1. The fourth-order valence-electron chi connectivity index (χ4n) is 3.81. The Hall–Kier alpha value is -2.28. The number of Topliss-reactive ketones (excluding diaryl/α,β-unsaturated/α-hetero) is 1. The summed E-state index contributed by atoms with van der Waals surface area (Å²) in [6.07, 6.45) is 0.687. The smallest absolute Gasteiger partial charge is 0.264 e. The molecule has 3 heterocycles. The highest BCUT2D eigenvalue weighted by Crippen LogP contribution is 2.29. The molecule has 0 bridgehead atoms. The number of nitrogens with zero attached hydrogens (tertiary/aromatic N) is 1. The van der Waals surface area contributed by atoms with Gasteiger partial charge in [0.05, 0.1) is 17.0 Å². The molecular weight excluding hydrogens is 402 g/mol. The number of amides is 1. The number of ketones is 1. The molecule has 1 aliphatic rings. The number of hydrogen-bond acceptors (Lipinski definition) is 5. The Morgan fingerprint density at radius 3 is 2.55 bits per heavy atom. The Bertz CT molecular complexity index is 992. The third-order valence-corrected chi connectivity index (χ3v) is 7.31. The molecule has 2 aromatic heterocycles. The van der Waals surface area contributed by atoms with Gasteiger partial charge in [0.25, 0.3) is 5.91 Å². The molecule has 0 aliphatic carbocycles. The largest absolute Gasteiger partial charge is 0.391 e. The number of rotatable bonds is 6. The van der Waals surface area contributed by atoms with Crippen molar-refractivity contribution in [1.29, 1.82) is 0 Å². The monoisotopic (exact) mass is 425 g/mol. The number of carbonyl (C=O) groups excluding carboxylic acids is 2. The van der Waals surface area contributed by atoms with Crippen LogP contribution >= 0.6 is 22.7 Å². The van der Waals surface area contributed by atoms with E-state index in [1.807, 2.05) is 11.4 Å². The highest BCUT2D eigenvalue weighted by molar-refractivity contribution is 7.13. The molecule has 0 saturated carbocycles. The van der Waals surface area contributed by atoms with Gasteiger partial charge in [0.1, 0.15) is 0 Å². The van der Waals surface area contributed by atoms with Crippen LogP contribution in [0, 0.1) is 6.92 Å². The van der Waals surface area contributed by atoms with E-state index in [0.29, 0.717) is 24.1 Å². The molecule has 4 nitrogen and oxygen atoms in total. The van der Waals surface area contributed by atoms with E-state index in [-0.39, 0.29) is 18.2 Å². The van der Waals surface area contributed by atoms with Gasteiger partial charge in [-0.05, 0) is 52.9 Å². The summed E-state index contributed by atoms with van der Waals surface area (Å²) < 4.78 is 0. The molecule has 150 valence electrons. The Kier molecular flexibility index (Phi) is 5.94. The molecule has 1 N–H and O–H groups in total. The molecule has 1 fully saturated rings. The molecule has 3 aromatic rings. The molecule has 6 heteroatoms. The van der Waals surface area contributed by atoms with Crippen LogP contribution in [0.25, 0.3) is 10.4 Å². The molecular formula is C23H23NO3S2. The van der Waals surface area contributed by atoms with E-state index in [2.05, 4.69) is 42.6 Å². The molecule has 0 unspecified atom stereocenters. The summed E-state index contributed by atoms with van der Waals surface area (Å²) in [5.41, 5.74) is 3.57. The number of aryl methyl sites for hydroxylation is 2. The number of carbonyl (C=O) groups is 2. The summed E-state index contributed by atoms with van der Waals surface area (Å²) in [4.78, 5) is 29.0. The minimum absolute atomic E-state index is 0.0182. The average Bonchev–Trinajstić information content (AvgIpc) is 3.47. The van der Waals surface area contributed by atoms with Crippen LogP contribution in [-0.2, 0) is 11.2 Å². The van der Waals surface area contributed by atoms with E-state index in [9.17, 15) is 14.7 Å². The van der Waals surface area contributed by atoms with E-state index in [4.69, 9.17) is 0 Å². The van der Waals surface area contributed by atoms with Gasteiger partial charge in [-0.2, -0.15) is 0 Å². The van der Waals surface area contributed by atoms with Crippen LogP contribution in [-0.4, -0.2) is 40.4 Å². The van der Waals surface area contributed by atoms with Crippen LogP contribution in [0.4, 0.5) is 0 Å². The molecule has 0 radical (unpaired) electrons. The average molecular weight is 426 g/mol. The lowest BCUT2D eigenvalue weighted by Crippen LogP contribution is -2.40. The minimum atomic E-state index is -0.638. The van der Waals surface area contributed by atoms with Gasteiger partial charge in [0, 0.05) is 24.3 Å². The van der Waals surface area contributed by atoms with E-state index < -0.39 is 12.1 Å². The van der Waals surface area contributed by atoms with Crippen molar-refractivity contribution in [1.82, 2.24) is 4.90 Å². The molecule has 1 saturated heterocycles. The van der Waals surface area contributed by atoms with Crippen LogP contribution in [0.1, 0.15) is 33.6 Å². The van der Waals surface area contributed by atoms with Crippen LogP contribution in [0.3, 0.4) is 0 Å². The normalized spacial score (nSPS) is 18.9. The van der Waals surface area contributed by atoms with Gasteiger partial charge >= 0.3 is 0 Å². The maximum absolute atomic E-state index is 12.8. The van der Waals surface area contributed by atoms with Crippen molar-refractivity contribution >= 4 is 34.4 Å². The Morgan fingerprint density at radius 2 is 1.90 bits per heavy atom. The van der Waals surface area contributed by atoms with Gasteiger partial charge in [-0.3, -0.25) is 9.59 Å². The molecule has 1 amide bonds. The van der Waals surface area contributed by atoms with Gasteiger partial charge in [0.2, 0.25) is 0 Å². The van der Waals surface area contributed by atoms with Crippen LogP contribution < -0.4 is 0 Å². The number of benzene rings is 1. The Morgan fingerprint density at radius 1 is 1.10 bits per heavy atom. The zero-order valence-corrected chi connectivity index (χ0v) is 17.8.